The van der Waals surface area contributed by atoms with Crippen molar-refractivity contribution in [2.75, 3.05) is 13.1 Å². The summed E-state index contributed by atoms with van der Waals surface area (Å²) in [5, 5.41) is 16.1. The van der Waals surface area contributed by atoms with Crippen molar-refractivity contribution in [3.8, 4) is 10.6 Å². The first-order chi connectivity index (χ1) is 9.83. The number of carbonyl (C=O) groups is 1. The summed E-state index contributed by atoms with van der Waals surface area (Å²) < 4.78 is 0. The van der Waals surface area contributed by atoms with Crippen LogP contribution < -0.4 is 10.6 Å². The van der Waals surface area contributed by atoms with Gasteiger partial charge in [0.1, 0.15) is 10.0 Å². The van der Waals surface area contributed by atoms with Gasteiger partial charge >= 0.3 is 0 Å². The van der Waals surface area contributed by atoms with Crippen molar-refractivity contribution in [2.24, 2.45) is 5.92 Å². The van der Waals surface area contributed by atoms with Gasteiger partial charge in [0.25, 0.3) is 0 Å². The van der Waals surface area contributed by atoms with Crippen LogP contribution >= 0.6 is 23.7 Å². The Kier molecular flexibility index (Phi) is 5.67. The third-order valence-corrected chi connectivity index (χ3v) is 4.30. The molecule has 2 aromatic rings. The van der Waals surface area contributed by atoms with E-state index in [1.807, 2.05) is 30.3 Å². The van der Waals surface area contributed by atoms with Gasteiger partial charge in [-0.3, -0.25) is 4.79 Å². The highest BCUT2D eigenvalue weighted by Crippen LogP contribution is 2.22. The lowest BCUT2D eigenvalue weighted by Gasteiger charge is -2.07. The van der Waals surface area contributed by atoms with Crippen LogP contribution in [0.5, 0.6) is 0 Å². The Labute approximate surface area is 133 Å². The van der Waals surface area contributed by atoms with E-state index in [1.165, 1.54) is 11.3 Å². The first kappa shape index (κ1) is 15.9. The summed E-state index contributed by atoms with van der Waals surface area (Å²) in [5.74, 6) is 0.197. The molecule has 1 unspecified atom stereocenters. The molecule has 2 heterocycles. The first-order valence-corrected chi connectivity index (χ1v) is 7.51. The van der Waals surface area contributed by atoms with E-state index >= 15 is 0 Å². The lowest BCUT2D eigenvalue weighted by Crippen LogP contribution is -2.31. The highest BCUT2D eigenvalue weighted by Gasteiger charge is 2.22. The lowest BCUT2D eigenvalue weighted by atomic mass is 10.1. The molecule has 0 spiro atoms. The van der Waals surface area contributed by atoms with Crippen LogP contribution in [-0.4, -0.2) is 29.2 Å². The summed E-state index contributed by atoms with van der Waals surface area (Å²) in [4.78, 5) is 11.9. The molecule has 1 aliphatic rings. The zero-order valence-electron chi connectivity index (χ0n) is 11.4. The molecule has 1 aliphatic heterocycles. The van der Waals surface area contributed by atoms with E-state index in [0.717, 1.165) is 35.1 Å². The van der Waals surface area contributed by atoms with Crippen LogP contribution in [0.25, 0.3) is 10.6 Å². The molecule has 3 rings (SSSR count). The summed E-state index contributed by atoms with van der Waals surface area (Å²) in [6, 6.07) is 9.94. The van der Waals surface area contributed by atoms with Gasteiger partial charge in [0.2, 0.25) is 5.91 Å². The van der Waals surface area contributed by atoms with Crippen molar-refractivity contribution >= 4 is 29.7 Å². The second-order valence-corrected chi connectivity index (χ2v) is 5.84. The Bertz CT molecular complexity index is 584. The van der Waals surface area contributed by atoms with E-state index in [2.05, 4.69) is 20.8 Å². The van der Waals surface area contributed by atoms with E-state index in [-0.39, 0.29) is 24.2 Å². The van der Waals surface area contributed by atoms with Crippen LogP contribution in [0.1, 0.15) is 11.4 Å². The third kappa shape index (κ3) is 4.00. The normalized spacial score (nSPS) is 17.2. The molecule has 0 bridgehead atoms. The number of hydrogen-bond donors (Lipinski definition) is 2. The SMILES string of the molecule is Cl.O=C(NCc1nnc(-c2ccccc2)s1)C1CCNC1. The van der Waals surface area contributed by atoms with Crippen molar-refractivity contribution < 1.29 is 4.79 Å². The molecular formula is C14H17ClN4OS. The summed E-state index contributed by atoms with van der Waals surface area (Å²) in [6.45, 7) is 2.16. The number of benzene rings is 1. The van der Waals surface area contributed by atoms with E-state index in [1.54, 1.807) is 0 Å². The van der Waals surface area contributed by atoms with Gasteiger partial charge in [-0.1, -0.05) is 41.7 Å². The number of carbonyl (C=O) groups excluding carboxylic acids is 1. The van der Waals surface area contributed by atoms with Gasteiger partial charge in [0, 0.05) is 12.1 Å². The quantitative estimate of drug-likeness (QED) is 0.900. The molecular weight excluding hydrogens is 308 g/mol. The number of amides is 1. The molecule has 1 aromatic carbocycles. The standard InChI is InChI=1S/C14H16N4OS.ClH/c19-13(11-6-7-15-8-11)16-9-12-17-18-14(20-12)10-4-2-1-3-5-10;/h1-5,11,15H,6-9H2,(H,16,19);1H. The average molecular weight is 325 g/mol. The molecule has 0 saturated carbocycles. The minimum Gasteiger partial charge on any atom is -0.349 e. The highest BCUT2D eigenvalue weighted by molar-refractivity contribution is 7.14. The Hall–Kier alpha value is -1.50. The molecule has 112 valence electrons. The van der Waals surface area contributed by atoms with E-state index < -0.39 is 0 Å². The van der Waals surface area contributed by atoms with Gasteiger partial charge in [0.05, 0.1) is 12.5 Å². The molecule has 0 radical (unpaired) electrons. The minimum atomic E-state index is 0. The molecule has 1 saturated heterocycles. The predicted molar refractivity (Wildman–Crippen MR) is 85.4 cm³/mol. The maximum atomic E-state index is 11.9. The van der Waals surface area contributed by atoms with Gasteiger partial charge in [0.15, 0.2) is 0 Å². The largest absolute Gasteiger partial charge is 0.349 e. The molecule has 1 fully saturated rings. The highest BCUT2D eigenvalue weighted by atomic mass is 35.5. The van der Waals surface area contributed by atoms with Crippen LogP contribution in [-0.2, 0) is 11.3 Å². The fourth-order valence-corrected chi connectivity index (χ4v) is 2.99. The third-order valence-electron chi connectivity index (χ3n) is 3.33. The molecule has 21 heavy (non-hydrogen) atoms. The fourth-order valence-electron chi connectivity index (χ4n) is 2.21. The van der Waals surface area contributed by atoms with E-state index in [4.69, 9.17) is 0 Å². The van der Waals surface area contributed by atoms with Crippen LogP contribution in [0.2, 0.25) is 0 Å². The maximum Gasteiger partial charge on any atom is 0.224 e. The fraction of sp³-hybridized carbons (Fsp3) is 0.357. The minimum absolute atomic E-state index is 0. The molecule has 0 aliphatic carbocycles. The zero-order chi connectivity index (χ0) is 13.8. The number of rotatable bonds is 4. The van der Waals surface area contributed by atoms with E-state index in [0.29, 0.717) is 6.54 Å². The van der Waals surface area contributed by atoms with Gasteiger partial charge in [-0.15, -0.1) is 22.6 Å². The summed E-state index contributed by atoms with van der Waals surface area (Å²) in [6.07, 6.45) is 0.914. The number of aromatic nitrogens is 2. The number of nitrogens with one attached hydrogen (secondary N) is 2. The average Bonchev–Trinajstić information content (AvgIpc) is 3.17. The molecule has 7 heteroatoms. The molecule has 1 amide bonds. The summed E-state index contributed by atoms with van der Waals surface area (Å²) in [7, 11) is 0. The maximum absolute atomic E-state index is 11.9. The zero-order valence-corrected chi connectivity index (χ0v) is 13.0. The summed E-state index contributed by atoms with van der Waals surface area (Å²) in [5.41, 5.74) is 1.06. The van der Waals surface area contributed by atoms with Gasteiger partial charge in [-0.25, -0.2) is 0 Å². The van der Waals surface area contributed by atoms with Crippen LogP contribution in [0, 0.1) is 5.92 Å². The van der Waals surface area contributed by atoms with Crippen LogP contribution in [0.15, 0.2) is 30.3 Å². The lowest BCUT2D eigenvalue weighted by molar-refractivity contribution is -0.124. The topological polar surface area (TPSA) is 66.9 Å². The Morgan fingerprint density at radius 2 is 2.14 bits per heavy atom. The molecule has 5 nitrogen and oxygen atoms in total. The van der Waals surface area contributed by atoms with Gasteiger partial charge in [-0.2, -0.15) is 0 Å². The Morgan fingerprint density at radius 3 is 2.86 bits per heavy atom. The van der Waals surface area contributed by atoms with Crippen molar-refractivity contribution in [2.45, 2.75) is 13.0 Å². The van der Waals surface area contributed by atoms with Crippen molar-refractivity contribution in [1.29, 1.82) is 0 Å². The Balaban J connectivity index is 0.00000161. The number of hydrogen-bond acceptors (Lipinski definition) is 5. The summed E-state index contributed by atoms with van der Waals surface area (Å²) >= 11 is 1.52. The molecule has 2 N–H and O–H groups in total. The number of nitrogens with zero attached hydrogens (tertiary/aromatic N) is 2. The van der Waals surface area contributed by atoms with Crippen molar-refractivity contribution in [3.05, 3.63) is 35.3 Å². The molecule has 1 aromatic heterocycles. The van der Waals surface area contributed by atoms with Gasteiger partial charge in [-0.05, 0) is 13.0 Å². The van der Waals surface area contributed by atoms with Crippen molar-refractivity contribution in [1.82, 2.24) is 20.8 Å². The second-order valence-electron chi connectivity index (χ2n) is 4.77. The van der Waals surface area contributed by atoms with Crippen LogP contribution in [0.3, 0.4) is 0 Å². The van der Waals surface area contributed by atoms with Crippen molar-refractivity contribution in [3.63, 3.8) is 0 Å². The van der Waals surface area contributed by atoms with Gasteiger partial charge < -0.3 is 10.6 Å². The van der Waals surface area contributed by atoms with Crippen LogP contribution in [0.4, 0.5) is 0 Å². The number of halogens is 1. The molecule has 1 atom stereocenters. The van der Waals surface area contributed by atoms with E-state index in [9.17, 15) is 4.79 Å². The smallest absolute Gasteiger partial charge is 0.224 e. The monoisotopic (exact) mass is 324 g/mol. The second kappa shape index (κ2) is 7.49. The Morgan fingerprint density at radius 1 is 1.33 bits per heavy atom. The first-order valence-electron chi connectivity index (χ1n) is 6.69. The predicted octanol–water partition coefficient (Wildman–Crippen LogP) is 1.85.